The Balaban J connectivity index is 1.66. The van der Waals surface area contributed by atoms with E-state index in [9.17, 15) is 0 Å². The molecule has 0 saturated heterocycles. The van der Waals surface area contributed by atoms with E-state index in [1.807, 2.05) is 55.5 Å². The van der Waals surface area contributed by atoms with Gasteiger partial charge in [-0.25, -0.2) is 4.98 Å². The number of nitrogens with zero attached hydrogens (tertiary/aromatic N) is 1. The molecule has 0 aliphatic rings. The van der Waals surface area contributed by atoms with Gasteiger partial charge in [-0.1, -0.05) is 37.6 Å². The van der Waals surface area contributed by atoms with Gasteiger partial charge in [0.1, 0.15) is 23.9 Å². The second-order valence-electron chi connectivity index (χ2n) is 7.71. The van der Waals surface area contributed by atoms with Crippen LogP contribution in [-0.2, 0) is 6.61 Å². The van der Waals surface area contributed by atoms with Crippen LogP contribution in [0.25, 0.3) is 22.4 Å². The van der Waals surface area contributed by atoms with E-state index in [-0.39, 0.29) is 0 Å². The molecule has 3 aromatic carbocycles. The molecule has 0 spiro atoms. The van der Waals surface area contributed by atoms with Crippen LogP contribution >= 0.6 is 11.6 Å². The Morgan fingerprint density at radius 2 is 1.83 bits per heavy atom. The maximum atomic E-state index is 6.33. The fraction of sp³-hybridized carbons (Fsp3) is 0.240. The number of para-hydroxylation sites is 2. The lowest BCUT2D eigenvalue weighted by molar-refractivity contribution is 0.292. The number of methoxy groups -OCH3 is 1. The third kappa shape index (κ3) is 4.01. The van der Waals surface area contributed by atoms with Crippen LogP contribution in [0.4, 0.5) is 0 Å². The minimum Gasteiger partial charge on any atom is -0.496 e. The van der Waals surface area contributed by atoms with Crippen LogP contribution in [0.1, 0.15) is 36.5 Å². The molecule has 1 aromatic heterocycles. The molecule has 0 atom stereocenters. The van der Waals surface area contributed by atoms with E-state index in [0.29, 0.717) is 12.5 Å². The summed E-state index contributed by atoms with van der Waals surface area (Å²) in [6, 6.07) is 18.0. The van der Waals surface area contributed by atoms with Crippen molar-refractivity contribution in [3.63, 3.8) is 0 Å². The summed E-state index contributed by atoms with van der Waals surface area (Å²) in [6.45, 7) is 6.65. The number of hydrogen-bond donors (Lipinski definition) is 1. The third-order valence-electron chi connectivity index (χ3n) is 5.24. The molecule has 0 aliphatic heterocycles. The van der Waals surface area contributed by atoms with Gasteiger partial charge in [-0.15, -0.1) is 0 Å². The Bertz CT molecular complexity index is 1160. The zero-order valence-corrected chi connectivity index (χ0v) is 18.4. The summed E-state index contributed by atoms with van der Waals surface area (Å²) in [4.78, 5) is 8.09. The second-order valence-corrected chi connectivity index (χ2v) is 8.12. The van der Waals surface area contributed by atoms with Crippen molar-refractivity contribution < 1.29 is 9.47 Å². The highest BCUT2D eigenvalue weighted by atomic mass is 35.5. The lowest BCUT2D eigenvalue weighted by Gasteiger charge is -2.17. The van der Waals surface area contributed by atoms with Crippen LogP contribution in [-0.4, -0.2) is 17.1 Å². The van der Waals surface area contributed by atoms with Gasteiger partial charge in [0.15, 0.2) is 0 Å². The summed E-state index contributed by atoms with van der Waals surface area (Å²) in [6.07, 6.45) is 0. The number of halogens is 1. The van der Waals surface area contributed by atoms with Gasteiger partial charge in [-0.05, 0) is 66.4 Å². The zero-order valence-electron chi connectivity index (χ0n) is 17.6. The first-order valence-electron chi connectivity index (χ1n) is 10.0. The van der Waals surface area contributed by atoms with Gasteiger partial charge in [-0.2, -0.15) is 0 Å². The van der Waals surface area contributed by atoms with Crippen molar-refractivity contribution in [1.82, 2.24) is 9.97 Å². The molecule has 1 heterocycles. The highest BCUT2D eigenvalue weighted by Gasteiger charge is 2.14. The number of hydrogen-bond acceptors (Lipinski definition) is 3. The van der Waals surface area contributed by atoms with Crippen LogP contribution in [0.15, 0.2) is 54.6 Å². The van der Waals surface area contributed by atoms with E-state index >= 15 is 0 Å². The standard InChI is InChI=1S/C25H25ClN2O2/c1-15(2)19-13-20(26)16(3)11-24(19)30-14-18-12-17(9-10-23(18)29-4)25-27-21-7-5-6-8-22(21)28-25/h5-13,15H,14H2,1-4H3,(H,27,28). The average molecular weight is 421 g/mol. The molecule has 0 unspecified atom stereocenters. The first kappa shape index (κ1) is 20.3. The number of benzene rings is 3. The molecule has 5 heteroatoms. The predicted molar refractivity (Wildman–Crippen MR) is 123 cm³/mol. The SMILES string of the molecule is COc1ccc(-c2nc3ccccc3[nH]2)cc1COc1cc(C)c(Cl)cc1C(C)C. The smallest absolute Gasteiger partial charge is 0.138 e. The maximum absolute atomic E-state index is 6.33. The van der Waals surface area contributed by atoms with E-state index in [1.165, 1.54) is 0 Å². The molecule has 4 rings (SSSR count). The highest BCUT2D eigenvalue weighted by molar-refractivity contribution is 6.31. The molecular formula is C25H25ClN2O2. The summed E-state index contributed by atoms with van der Waals surface area (Å²) in [5.41, 5.74) is 6.00. The van der Waals surface area contributed by atoms with Crippen molar-refractivity contribution in [3.05, 3.63) is 76.3 Å². The molecule has 0 fully saturated rings. The number of aryl methyl sites for hydroxylation is 1. The zero-order chi connectivity index (χ0) is 21.3. The normalized spacial score (nSPS) is 11.3. The fourth-order valence-corrected chi connectivity index (χ4v) is 3.70. The second kappa shape index (κ2) is 8.41. The van der Waals surface area contributed by atoms with E-state index < -0.39 is 0 Å². The third-order valence-corrected chi connectivity index (χ3v) is 5.65. The quantitative estimate of drug-likeness (QED) is 0.369. The van der Waals surface area contributed by atoms with E-state index in [4.69, 9.17) is 26.1 Å². The van der Waals surface area contributed by atoms with E-state index in [1.54, 1.807) is 7.11 Å². The maximum Gasteiger partial charge on any atom is 0.138 e. The fourth-order valence-electron chi connectivity index (χ4n) is 3.53. The van der Waals surface area contributed by atoms with Crippen molar-refractivity contribution >= 4 is 22.6 Å². The van der Waals surface area contributed by atoms with Crippen molar-refractivity contribution in [2.24, 2.45) is 0 Å². The molecule has 0 bridgehead atoms. The Morgan fingerprint density at radius 3 is 2.57 bits per heavy atom. The number of imidazole rings is 1. The summed E-state index contributed by atoms with van der Waals surface area (Å²) in [5, 5.41) is 0.760. The Labute approximate surface area is 181 Å². The van der Waals surface area contributed by atoms with Crippen LogP contribution in [0.5, 0.6) is 11.5 Å². The molecule has 0 saturated carbocycles. The number of fused-ring (bicyclic) bond motifs is 1. The summed E-state index contributed by atoms with van der Waals surface area (Å²) < 4.78 is 11.8. The van der Waals surface area contributed by atoms with Crippen molar-refractivity contribution in [2.45, 2.75) is 33.3 Å². The molecule has 30 heavy (non-hydrogen) atoms. The molecule has 154 valence electrons. The van der Waals surface area contributed by atoms with Crippen LogP contribution in [0, 0.1) is 6.92 Å². The molecular weight excluding hydrogens is 396 g/mol. The van der Waals surface area contributed by atoms with Gasteiger partial charge < -0.3 is 14.5 Å². The van der Waals surface area contributed by atoms with Crippen LogP contribution in [0.2, 0.25) is 5.02 Å². The molecule has 0 aliphatic carbocycles. The number of ether oxygens (including phenoxy) is 2. The van der Waals surface area contributed by atoms with Gasteiger partial charge >= 0.3 is 0 Å². The Hall–Kier alpha value is -2.98. The van der Waals surface area contributed by atoms with Crippen LogP contribution in [0.3, 0.4) is 0 Å². The monoisotopic (exact) mass is 420 g/mol. The minimum absolute atomic E-state index is 0.307. The molecule has 1 N–H and O–H groups in total. The number of aromatic nitrogens is 2. The molecule has 0 radical (unpaired) electrons. The lowest BCUT2D eigenvalue weighted by atomic mass is 10.0. The van der Waals surface area contributed by atoms with E-state index in [2.05, 4.69) is 24.9 Å². The summed E-state index contributed by atoms with van der Waals surface area (Å²) >= 11 is 6.33. The van der Waals surface area contributed by atoms with Gasteiger partial charge in [-0.3, -0.25) is 0 Å². The number of H-pyrrole nitrogens is 1. The lowest BCUT2D eigenvalue weighted by Crippen LogP contribution is -2.03. The van der Waals surface area contributed by atoms with E-state index in [0.717, 1.165) is 55.6 Å². The van der Waals surface area contributed by atoms with Crippen LogP contribution < -0.4 is 9.47 Å². The van der Waals surface area contributed by atoms with Crippen molar-refractivity contribution in [2.75, 3.05) is 7.11 Å². The van der Waals surface area contributed by atoms with Gasteiger partial charge in [0.25, 0.3) is 0 Å². The average Bonchev–Trinajstić information content (AvgIpc) is 3.18. The summed E-state index contributed by atoms with van der Waals surface area (Å²) in [7, 11) is 1.67. The first-order valence-corrected chi connectivity index (χ1v) is 10.4. The van der Waals surface area contributed by atoms with Gasteiger partial charge in [0, 0.05) is 16.1 Å². The van der Waals surface area contributed by atoms with Gasteiger partial charge in [0.2, 0.25) is 0 Å². The van der Waals surface area contributed by atoms with Crippen molar-refractivity contribution in [3.8, 4) is 22.9 Å². The number of aromatic amines is 1. The molecule has 4 aromatic rings. The highest BCUT2D eigenvalue weighted by Crippen LogP contribution is 2.34. The predicted octanol–water partition coefficient (Wildman–Crippen LogP) is 6.90. The minimum atomic E-state index is 0.307. The molecule has 4 nitrogen and oxygen atoms in total. The van der Waals surface area contributed by atoms with Crippen molar-refractivity contribution in [1.29, 1.82) is 0 Å². The van der Waals surface area contributed by atoms with Gasteiger partial charge in [0.05, 0.1) is 18.1 Å². The first-order chi connectivity index (χ1) is 14.5. The Kier molecular flexibility index (Phi) is 5.69. The number of rotatable bonds is 6. The largest absolute Gasteiger partial charge is 0.496 e. The Morgan fingerprint density at radius 1 is 1.03 bits per heavy atom. The number of nitrogens with one attached hydrogen (secondary N) is 1. The molecule has 0 amide bonds. The summed E-state index contributed by atoms with van der Waals surface area (Å²) in [5.74, 6) is 2.77. The topological polar surface area (TPSA) is 47.1 Å².